The fraction of sp³-hybridized carbons (Fsp3) is 0.273. The molecule has 0 radical (unpaired) electrons. The molecule has 0 bridgehead atoms. The van der Waals surface area contributed by atoms with Gasteiger partial charge in [-0.25, -0.2) is 0 Å². The van der Waals surface area contributed by atoms with Crippen molar-refractivity contribution in [2.24, 2.45) is 7.05 Å². The van der Waals surface area contributed by atoms with E-state index in [0.717, 1.165) is 33.5 Å². The summed E-state index contributed by atoms with van der Waals surface area (Å²) in [6, 6.07) is 13.5. The van der Waals surface area contributed by atoms with E-state index in [1.165, 1.54) is 0 Å². The van der Waals surface area contributed by atoms with Gasteiger partial charge in [-0.3, -0.25) is 9.48 Å². The zero-order valence-corrected chi connectivity index (χ0v) is 18.8. The summed E-state index contributed by atoms with van der Waals surface area (Å²) >= 11 is 3.52. The Morgan fingerprint density at radius 2 is 2.00 bits per heavy atom. The zero-order valence-electron chi connectivity index (χ0n) is 17.2. The van der Waals surface area contributed by atoms with E-state index in [2.05, 4.69) is 31.7 Å². The van der Waals surface area contributed by atoms with Crippen molar-refractivity contribution in [2.75, 3.05) is 32.6 Å². The number of halogens is 1. The molecule has 2 N–H and O–H groups in total. The zero-order chi connectivity index (χ0) is 21.5. The maximum atomic E-state index is 12.4. The number of methoxy groups -OCH3 is 2. The van der Waals surface area contributed by atoms with E-state index < -0.39 is 0 Å². The van der Waals surface area contributed by atoms with Crippen LogP contribution >= 0.6 is 15.9 Å². The molecule has 1 amide bonds. The van der Waals surface area contributed by atoms with Crippen molar-refractivity contribution in [3.05, 3.63) is 58.7 Å². The third-order valence-electron chi connectivity index (χ3n) is 4.64. The molecule has 30 heavy (non-hydrogen) atoms. The smallest absolute Gasteiger partial charge is 0.238 e. The average Bonchev–Trinajstić information content (AvgIpc) is 3.09. The normalized spacial score (nSPS) is 10.7. The molecule has 8 heteroatoms. The van der Waals surface area contributed by atoms with Gasteiger partial charge in [0, 0.05) is 18.3 Å². The Morgan fingerprint density at radius 1 is 1.17 bits per heavy atom. The second kappa shape index (κ2) is 10.3. The van der Waals surface area contributed by atoms with Crippen LogP contribution in [0.15, 0.2) is 53.1 Å². The lowest BCUT2D eigenvalue weighted by atomic mass is 10.1. The highest BCUT2D eigenvalue weighted by atomic mass is 79.9. The molecular weight excluding hydrogens is 448 g/mol. The SMILES string of the molecule is COc1cccc(CCNCC(=O)Nc2ccc(OC)c(-c3c(Br)cnn3C)c2)c1. The fourth-order valence-electron chi connectivity index (χ4n) is 3.15. The van der Waals surface area contributed by atoms with Crippen molar-refractivity contribution in [3.63, 3.8) is 0 Å². The summed E-state index contributed by atoms with van der Waals surface area (Å²) in [5.74, 6) is 1.43. The van der Waals surface area contributed by atoms with Crippen LogP contribution < -0.4 is 20.1 Å². The molecule has 3 rings (SSSR count). The molecule has 3 aromatic rings. The van der Waals surface area contributed by atoms with Crippen LogP contribution in [0.25, 0.3) is 11.3 Å². The summed E-state index contributed by atoms with van der Waals surface area (Å²) in [6.07, 6.45) is 2.54. The van der Waals surface area contributed by atoms with Crippen LogP contribution in [0.2, 0.25) is 0 Å². The van der Waals surface area contributed by atoms with E-state index >= 15 is 0 Å². The molecule has 158 valence electrons. The molecule has 0 atom stereocenters. The standard InChI is InChI=1S/C22H25BrN4O3/c1-27-22(19(23)13-25-27)18-12-16(7-8-20(18)30-3)26-21(28)14-24-10-9-15-5-4-6-17(11-15)29-2/h4-8,11-13,24H,9-10,14H2,1-3H3,(H,26,28). The predicted octanol–water partition coefficient (Wildman–Crippen LogP) is 3.64. The number of nitrogens with zero attached hydrogens (tertiary/aromatic N) is 2. The van der Waals surface area contributed by atoms with Crippen LogP contribution in [0.1, 0.15) is 5.56 Å². The Bertz CT molecular complexity index is 1000. The van der Waals surface area contributed by atoms with E-state index in [0.29, 0.717) is 18.0 Å². The summed E-state index contributed by atoms with van der Waals surface area (Å²) in [4.78, 5) is 12.4. The first-order chi connectivity index (χ1) is 14.5. The summed E-state index contributed by atoms with van der Waals surface area (Å²) in [5.41, 5.74) is 3.56. The first-order valence-corrected chi connectivity index (χ1v) is 10.3. The number of aryl methyl sites for hydroxylation is 1. The number of ether oxygens (including phenoxy) is 2. The molecule has 0 saturated carbocycles. The topological polar surface area (TPSA) is 77.4 Å². The highest BCUT2D eigenvalue weighted by Crippen LogP contribution is 2.36. The van der Waals surface area contributed by atoms with E-state index in [1.54, 1.807) is 25.1 Å². The first-order valence-electron chi connectivity index (χ1n) is 9.51. The van der Waals surface area contributed by atoms with Gasteiger partial charge in [0.15, 0.2) is 0 Å². The summed E-state index contributed by atoms with van der Waals surface area (Å²) in [7, 11) is 5.13. The van der Waals surface area contributed by atoms with Gasteiger partial charge < -0.3 is 20.1 Å². The van der Waals surface area contributed by atoms with Crippen LogP contribution in [0, 0.1) is 0 Å². The third-order valence-corrected chi connectivity index (χ3v) is 5.22. The molecule has 0 unspecified atom stereocenters. The van der Waals surface area contributed by atoms with Gasteiger partial charge in [0.1, 0.15) is 11.5 Å². The number of nitrogens with one attached hydrogen (secondary N) is 2. The van der Waals surface area contributed by atoms with Crippen LogP contribution in [0.5, 0.6) is 11.5 Å². The lowest BCUT2D eigenvalue weighted by molar-refractivity contribution is -0.115. The Kier molecular flexibility index (Phi) is 7.48. The second-order valence-electron chi connectivity index (χ2n) is 6.71. The number of carbonyl (C=O) groups excluding carboxylic acids is 1. The fourth-order valence-corrected chi connectivity index (χ4v) is 3.71. The average molecular weight is 473 g/mol. The number of amides is 1. The Labute approximate surface area is 184 Å². The molecule has 2 aromatic carbocycles. The van der Waals surface area contributed by atoms with Crippen LogP contribution in [-0.2, 0) is 18.3 Å². The molecule has 0 aliphatic rings. The van der Waals surface area contributed by atoms with Gasteiger partial charge in [0.25, 0.3) is 0 Å². The van der Waals surface area contributed by atoms with Gasteiger partial charge in [-0.1, -0.05) is 12.1 Å². The first kappa shape index (κ1) is 21.9. The Morgan fingerprint density at radius 3 is 2.70 bits per heavy atom. The van der Waals surface area contributed by atoms with E-state index in [1.807, 2.05) is 49.5 Å². The molecule has 0 aliphatic heterocycles. The van der Waals surface area contributed by atoms with Crippen LogP contribution in [0.4, 0.5) is 5.69 Å². The number of rotatable bonds is 9. The third kappa shape index (κ3) is 5.40. The van der Waals surface area contributed by atoms with Gasteiger partial charge >= 0.3 is 0 Å². The lowest BCUT2D eigenvalue weighted by Gasteiger charge is -2.13. The molecule has 0 fully saturated rings. The van der Waals surface area contributed by atoms with Crippen molar-refractivity contribution in [2.45, 2.75) is 6.42 Å². The number of hydrogen-bond acceptors (Lipinski definition) is 5. The molecule has 0 saturated heterocycles. The Balaban J connectivity index is 1.58. The summed E-state index contributed by atoms with van der Waals surface area (Å²) in [6.45, 7) is 0.914. The van der Waals surface area contributed by atoms with Crippen molar-refractivity contribution >= 4 is 27.5 Å². The summed E-state index contributed by atoms with van der Waals surface area (Å²) < 4.78 is 13.3. The van der Waals surface area contributed by atoms with E-state index in [9.17, 15) is 4.79 Å². The minimum atomic E-state index is -0.110. The van der Waals surface area contributed by atoms with Crippen molar-refractivity contribution in [1.82, 2.24) is 15.1 Å². The molecular formula is C22H25BrN4O3. The highest BCUT2D eigenvalue weighted by Gasteiger charge is 2.15. The second-order valence-corrected chi connectivity index (χ2v) is 7.56. The molecule has 7 nitrogen and oxygen atoms in total. The monoisotopic (exact) mass is 472 g/mol. The number of aromatic nitrogens is 2. The van der Waals surface area contributed by atoms with E-state index in [4.69, 9.17) is 9.47 Å². The van der Waals surface area contributed by atoms with Crippen molar-refractivity contribution in [3.8, 4) is 22.8 Å². The maximum absolute atomic E-state index is 12.4. The predicted molar refractivity (Wildman–Crippen MR) is 121 cm³/mol. The van der Waals surface area contributed by atoms with Crippen LogP contribution in [-0.4, -0.2) is 43.0 Å². The van der Waals surface area contributed by atoms with Crippen molar-refractivity contribution < 1.29 is 14.3 Å². The summed E-state index contributed by atoms with van der Waals surface area (Å²) in [5, 5.41) is 10.4. The largest absolute Gasteiger partial charge is 0.497 e. The van der Waals surface area contributed by atoms with Gasteiger partial charge in [0.2, 0.25) is 5.91 Å². The maximum Gasteiger partial charge on any atom is 0.238 e. The minimum absolute atomic E-state index is 0.110. The number of anilines is 1. The van der Waals surface area contributed by atoms with Gasteiger partial charge in [-0.2, -0.15) is 5.10 Å². The number of hydrogen-bond donors (Lipinski definition) is 2. The molecule has 1 aromatic heterocycles. The number of benzene rings is 2. The molecule has 0 spiro atoms. The Hall–Kier alpha value is -2.84. The van der Waals surface area contributed by atoms with E-state index in [-0.39, 0.29) is 12.5 Å². The molecule has 1 heterocycles. The highest BCUT2D eigenvalue weighted by molar-refractivity contribution is 9.10. The van der Waals surface area contributed by atoms with Gasteiger partial charge in [-0.05, 0) is 64.8 Å². The molecule has 0 aliphatic carbocycles. The quantitative estimate of drug-likeness (QED) is 0.464. The number of carbonyl (C=O) groups is 1. The van der Waals surface area contributed by atoms with Gasteiger partial charge in [0.05, 0.1) is 37.1 Å². The van der Waals surface area contributed by atoms with Crippen molar-refractivity contribution in [1.29, 1.82) is 0 Å². The van der Waals surface area contributed by atoms with Gasteiger partial charge in [-0.15, -0.1) is 0 Å². The minimum Gasteiger partial charge on any atom is -0.497 e. The lowest BCUT2D eigenvalue weighted by Crippen LogP contribution is -2.29. The van der Waals surface area contributed by atoms with Crippen LogP contribution in [0.3, 0.4) is 0 Å².